The van der Waals surface area contributed by atoms with Crippen LogP contribution in [0.4, 0.5) is 0 Å². The Labute approximate surface area is 172 Å². The number of rotatable bonds is 0. The van der Waals surface area contributed by atoms with Crippen molar-refractivity contribution >= 4 is 31.7 Å². The first kappa shape index (κ1) is 34.0. The van der Waals surface area contributed by atoms with E-state index in [0.29, 0.717) is 0 Å². The molecule has 0 radical (unpaired) electrons. The maximum atomic E-state index is 2.99. The maximum absolute atomic E-state index is 2.99. The summed E-state index contributed by atoms with van der Waals surface area (Å²) in [5.41, 5.74) is 0. The van der Waals surface area contributed by atoms with Gasteiger partial charge >= 0.3 is 30.2 Å². The summed E-state index contributed by atoms with van der Waals surface area (Å²) in [6.45, 7) is 1.95. The Balaban J connectivity index is -0.0000000619. The van der Waals surface area contributed by atoms with Crippen molar-refractivity contribution in [2.75, 3.05) is 0 Å². The molecule has 0 atom stereocenters. The van der Waals surface area contributed by atoms with E-state index in [2.05, 4.69) is 24.3 Å². The van der Waals surface area contributed by atoms with E-state index in [1.165, 1.54) is 0 Å². The molecule has 0 fully saturated rings. The molecule has 2 aromatic rings. The van der Waals surface area contributed by atoms with Gasteiger partial charge in [-0.25, -0.2) is 12.2 Å². The molecule has 0 unspecified atom stereocenters. The molecule has 0 nitrogen and oxygen atoms in total. The van der Waals surface area contributed by atoms with Gasteiger partial charge in [0.15, 0.2) is 0 Å². The van der Waals surface area contributed by atoms with Gasteiger partial charge in [-0.2, -0.15) is 78.9 Å². The summed E-state index contributed by atoms with van der Waals surface area (Å²) in [5, 5.41) is 0. The van der Waals surface area contributed by atoms with Gasteiger partial charge in [-0.05, 0) is 0 Å². The van der Waals surface area contributed by atoms with Gasteiger partial charge in [0.1, 0.15) is 0 Å². The Morgan fingerprint density at radius 2 is 1.09 bits per heavy atom. The number of halogens is 2. The summed E-state index contributed by atoms with van der Waals surface area (Å²) >= 11 is 1.58. The van der Waals surface area contributed by atoms with Gasteiger partial charge < -0.3 is 14.9 Å². The van der Waals surface area contributed by atoms with Crippen LogP contribution in [-0.4, -0.2) is 6.88 Å². The third-order valence-corrected chi connectivity index (χ3v) is 1.80. The van der Waals surface area contributed by atoms with E-state index in [9.17, 15) is 0 Å². The van der Waals surface area contributed by atoms with Crippen molar-refractivity contribution in [2.45, 2.75) is 6.42 Å². The molecule has 2 aromatic carbocycles. The fourth-order valence-electron chi connectivity index (χ4n) is 1.02. The Kier molecular flexibility index (Phi) is 49.2. The molecule has 1 aliphatic carbocycles. The molecule has 128 valence electrons. The normalized spacial score (nSPS) is 8.13. The first-order chi connectivity index (χ1) is 9.50. The average Bonchev–Trinajstić information content (AvgIpc) is 3.13. The molecule has 0 saturated heterocycles. The van der Waals surface area contributed by atoms with Gasteiger partial charge in [0.2, 0.25) is 0 Å². The van der Waals surface area contributed by atoms with Crippen molar-refractivity contribution in [3.63, 3.8) is 0 Å². The number of allylic oxidation sites excluding steroid dienone is 4. The van der Waals surface area contributed by atoms with E-state index in [-0.39, 0.29) is 39.7 Å². The van der Waals surface area contributed by atoms with Gasteiger partial charge in [-0.1, -0.05) is 0 Å². The molecule has 0 bridgehead atoms. The van der Waals surface area contributed by atoms with Crippen molar-refractivity contribution < 1.29 is 23.3 Å². The largest absolute Gasteiger partial charge is 0.184 e. The molecule has 0 aliphatic heterocycles. The van der Waals surface area contributed by atoms with Crippen molar-refractivity contribution in [2.24, 2.45) is 0 Å². The second-order valence-electron chi connectivity index (χ2n) is 3.16. The Bertz CT molecular complexity index is 339. The van der Waals surface area contributed by atoms with Crippen molar-refractivity contribution in [3.8, 4) is 0 Å². The van der Waals surface area contributed by atoms with Gasteiger partial charge in [-0.15, -0.1) is 31.2 Å². The summed E-state index contributed by atoms with van der Waals surface area (Å²) in [6, 6.07) is 25.0. The van der Waals surface area contributed by atoms with Crippen LogP contribution in [0, 0.1) is 33.1 Å². The molecule has 1 aliphatic rings. The number of hydrogen-bond acceptors (Lipinski definition) is 0. The fourth-order valence-corrected chi connectivity index (χ4v) is 1.02. The Hall–Kier alpha value is -0.400. The summed E-state index contributed by atoms with van der Waals surface area (Å²) < 4.78 is 0. The zero-order chi connectivity index (χ0) is 14.0. The predicted octanol–water partition coefficient (Wildman–Crippen LogP) is 5.10. The van der Waals surface area contributed by atoms with Crippen LogP contribution < -0.4 is 0 Å². The molecule has 3 rings (SSSR count). The van der Waals surface area contributed by atoms with E-state index < -0.39 is 0 Å². The van der Waals surface area contributed by atoms with Crippen LogP contribution in [0.2, 0.25) is 0 Å². The minimum atomic E-state index is 0. The minimum Gasteiger partial charge on any atom is -0.184 e. The summed E-state index contributed by atoms with van der Waals surface area (Å²) in [6.07, 6.45) is 10.0. The van der Waals surface area contributed by atoms with E-state index >= 15 is 0 Å². The second kappa shape index (κ2) is 33.3. The second-order valence-corrected chi connectivity index (χ2v) is 3.16. The zero-order valence-corrected chi connectivity index (χ0v) is 19.2. The predicted molar refractivity (Wildman–Crippen MR) is 108 cm³/mol. The van der Waals surface area contributed by atoms with E-state index in [0.717, 1.165) is 6.42 Å². The minimum absolute atomic E-state index is 0. The molecule has 0 spiro atoms. The molecule has 0 aromatic heterocycles. The van der Waals surface area contributed by atoms with Crippen LogP contribution in [-0.2, 0) is 23.3 Å². The van der Waals surface area contributed by atoms with Crippen LogP contribution in [0.5, 0.6) is 0 Å². The topological polar surface area (TPSA) is 0 Å². The van der Waals surface area contributed by atoms with E-state index in [1.807, 2.05) is 79.7 Å². The van der Waals surface area contributed by atoms with Crippen LogP contribution in [0.1, 0.15) is 6.42 Å². The zero-order valence-electron chi connectivity index (χ0n) is 13.7. The molecule has 0 heterocycles. The number of benzene rings is 2. The summed E-state index contributed by atoms with van der Waals surface area (Å²) in [7, 11) is 0. The van der Waals surface area contributed by atoms with Crippen LogP contribution >= 0.6 is 24.8 Å². The van der Waals surface area contributed by atoms with E-state index in [1.54, 1.807) is 23.3 Å². The third kappa shape index (κ3) is 30.1. The SMILES string of the molecule is Cl.Cl.[C-]1=CC=CC1.[CH3-].[CH3-].[SiH2]=[Zr].[c-]1ccccc1.[c-]1ccccc1. The van der Waals surface area contributed by atoms with Crippen molar-refractivity contribution in [3.05, 3.63) is 112 Å². The Morgan fingerprint density at radius 1 is 0.696 bits per heavy atom. The molecule has 4 heteroatoms. The maximum Gasteiger partial charge on any atom is -0.171 e. The van der Waals surface area contributed by atoms with E-state index in [4.69, 9.17) is 0 Å². The molecule has 0 saturated carbocycles. The van der Waals surface area contributed by atoms with Gasteiger partial charge in [-0.3, -0.25) is 6.08 Å². The summed E-state index contributed by atoms with van der Waals surface area (Å²) in [4.78, 5) is 0. The average molecular weight is 444 g/mol. The standard InChI is InChI=1S/2C6H5.C5H5.2CH3.2ClH.H2Si.Zr/c2*1-2-4-6-5-3-1;1-2-4-5-3-1;;;;;;/h2*1-5H;1-3H,4H2;2*1H3;2*1H;1H2;/q5*-1;;;;. The van der Waals surface area contributed by atoms with Crippen LogP contribution in [0.3, 0.4) is 0 Å². The van der Waals surface area contributed by atoms with Gasteiger partial charge in [0, 0.05) is 0 Å². The smallest absolute Gasteiger partial charge is 0.171 e. The molecule has 0 amide bonds. The molecular weight excluding hydrogens is 418 g/mol. The van der Waals surface area contributed by atoms with Crippen LogP contribution in [0.15, 0.2) is 78.9 Å². The van der Waals surface area contributed by atoms with Crippen LogP contribution in [0.25, 0.3) is 0 Å². The first-order valence-corrected chi connectivity index (χ1v) is 11.8. The summed E-state index contributed by atoms with van der Waals surface area (Å²) in [5.74, 6) is 0. The van der Waals surface area contributed by atoms with Gasteiger partial charge in [0.25, 0.3) is 0 Å². The molecule has 0 N–H and O–H groups in total. The molecular formula is C19H25Cl2SiZr-5. The fraction of sp³-hybridized carbons (Fsp3) is 0.0526. The first-order valence-electron chi connectivity index (χ1n) is 5.89. The van der Waals surface area contributed by atoms with Gasteiger partial charge in [0.05, 0.1) is 0 Å². The monoisotopic (exact) mass is 441 g/mol. The van der Waals surface area contributed by atoms with Crippen molar-refractivity contribution in [1.82, 2.24) is 0 Å². The third-order valence-electron chi connectivity index (χ3n) is 1.80. The molecule has 23 heavy (non-hydrogen) atoms. The Morgan fingerprint density at radius 3 is 1.17 bits per heavy atom. The van der Waals surface area contributed by atoms with Crippen molar-refractivity contribution in [1.29, 1.82) is 0 Å². The number of hydrogen-bond donors (Lipinski definition) is 0. The quantitative estimate of drug-likeness (QED) is 0.392.